The van der Waals surface area contributed by atoms with Crippen molar-refractivity contribution in [1.82, 2.24) is 9.55 Å². The molecular weight excluding hydrogens is 377 g/mol. The number of thioether (sulfide) groups is 1. The molecule has 0 fully saturated rings. The largest absolute Gasteiger partial charge is 0.312 e. The van der Waals surface area contributed by atoms with E-state index in [-0.39, 0.29) is 12.3 Å². The minimum atomic E-state index is -0.515. The smallest absolute Gasteiger partial charge is 0.279 e. The van der Waals surface area contributed by atoms with Crippen LogP contribution in [0.5, 0.6) is 0 Å². The van der Waals surface area contributed by atoms with Crippen molar-refractivity contribution < 1.29 is 9.18 Å². The molecule has 1 aliphatic rings. The molecule has 0 radical (unpaired) electrons. The fourth-order valence-electron chi connectivity index (χ4n) is 3.39. The van der Waals surface area contributed by atoms with E-state index in [9.17, 15) is 14.0 Å². The minimum absolute atomic E-state index is 0.0872. The fourth-order valence-corrected chi connectivity index (χ4v) is 4.32. The van der Waals surface area contributed by atoms with Gasteiger partial charge in [-0.1, -0.05) is 54.2 Å². The Bertz CT molecular complexity index is 1100. The topological polar surface area (TPSA) is 64.0 Å². The quantitative estimate of drug-likeness (QED) is 0.541. The van der Waals surface area contributed by atoms with Gasteiger partial charge >= 0.3 is 0 Å². The standard InChI is InChI=1S/C21H18FN3O2S/c1-25-19-18(16(11-17(26)23-19)14-8-5-9-15(22)10-14)20(27)24-21(25)28-12-13-6-3-2-4-7-13/h2-10,16H,11-12H2,1H3,(H,23,26). The monoisotopic (exact) mass is 395 g/mol. The summed E-state index contributed by atoms with van der Waals surface area (Å²) in [6.07, 6.45) is 0.0872. The number of hydrogen-bond donors (Lipinski definition) is 1. The third-order valence-corrected chi connectivity index (χ3v) is 5.86. The van der Waals surface area contributed by atoms with Crippen LogP contribution in [0.25, 0.3) is 0 Å². The first-order valence-electron chi connectivity index (χ1n) is 8.86. The average molecular weight is 395 g/mol. The lowest BCUT2D eigenvalue weighted by atomic mass is 9.87. The highest BCUT2D eigenvalue weighted by atomic mass is 32.2. The summed E-state index contributed by atoms with van der Waals surface area (Å²) in [5.74, 6) is -0.0343. The van der Waals surface area contributed by atoms with E-state index >= 15 is 0 Å². The molecule has 1 unspecified atom stereocenters. The summed E-state index contributed by atoms with van der Waals surface area (Å²) >= 11 is 1.43. The molecule has 2 heterocycles. The molecule has 1 amide bonds. The number of nitrogens with zero attached hydrogens (tertiary/aromatic N) is 2. The molecule has 0 spiro atoms. The molecule has 7 heteroatoms. The van der Waals surface area contributed by atoms with Gasteiger partial charge in [0.15, 0.2) is 5.16 Å². The number of anilines is 1. The van der Waals surface area contributed by atoms with E-state index in [1.807, 2.05) is 30.3 Å². The Morgan fingerprint density at radius 3 is 2.71 bits per heavy atom. The predicted octanol–water partition coefficient (Wildman–Crippen LogP) is 3.69. The Hall–Kier alpha value is -2.93. The lowest BCUT2D eigenvalue weighted by molar-refractivity contribution is -0.116. The summed E-state index contributed by atoms with van der Waals surface area (Å²) in [6.45, 7) is 0. The molecule has 4 rings (SSSR count). The Kier molecular flexibility index (Phi) is 5.00. The molecule has 28 heavy (non-hydrogen) atoms. The number of aromatic nitrogens is 2. The van der Waals surface area contributed by atoms with Crippen LogP contribution < -0.4 is 10.9 Å². The maximum atomic E-state index is 13.7. The number of nitrogens with one attached hydrogen (secondary N) is 1. The van der Waals surface area contributed by atoms with Crippen molar-refractivity contribution in [2.75, 3.05) is 5.32 Å². The predicted molar refractivity (Wildman–Crippen MR) is 107 cm³/mol. The molecule has 0 saturated carbocycles. The first-order chi connectivity index (χ1) is 13.5. The van der Waals surface area contributed by atoms with Gasteiger partial charge in [0.25, 0.3) is 5.56 Å². The molecular formula is C21H18FN3O2S. The van der Waals surface area contributed by atoms with E-state index in [0.29, 0.717) is 27.9 Å². The summed E-state index contributed by atoms with van der Waals surface area (Å²) in [5, 5.41) is 3.32. The average Bonchev–Trinajstić information content (AvgIpc) is 2.69. The van der Waals surface area contributed by atoms with Crippen molar-refractivity contribution in [2.45, 2.75) is 23.2 Å². The molecule has 142 valence electrons. The van der Waals surface area contributed by atoms with Crippen LogP contribution >= 0.6 is 11.8 Å². The van der Waals surface area contributed by atoms with Crippen LogP contribution in [0.1, 0.15) is 29.0 Å². The minimum Gasteiger partial charge on any atom is -0.312 e. The second-order valence-electron chi connectivity index (χ2n) is 6.65. The van der Waals surface area contributed by atoms with Crippen molar-refractivity contribution in [1.29, 1.82) is 0 Å². The van der Waals surface area contributed by atoms with Gasteiger partial charge in [-0.25, -0.2) is 4.39 Å². The van der Waals surface area contributed by atoms with E-state index in [2.05, 4.69) is 10.3 Å². The molecule has 3 aromatic rings. The normalized spacial score (nSPS) is 15.8. The molecule has 0 bridgehead atoms. The summed E-state index contributed by atoms with van der Waals surface area (Å²) in [7, 11) is 1.77. The van der Waals surface area contributed by atoms with Gasteiger partial charge in [-0.3, -0.25) is 9.59 Å². The number of carbonyl (C=O) groups excluding carboxylic acids is 1. The summed E-state index contributed by atoms with van der Waals surface area (Å²) in [5.41, 5.74) is 1.72. The Morgan fingerprint density at radius 1 is 1.18 bits per heavy atom. The number of halogens is 1. The molecule has 1 N–H and O–H groups in total. The second-order valence-corrected chi connectivity index (χ2v) is 7.60. The van der Waals surface area contributed by atoms with Crippen LogP contribution in [0.2, 0.25) is 0 Å². The Balaban J connectivity index is 1.74. The number of fused-ring (bicyclic) bond motifs is 1. The lowest BCUT2D eigenvalue weighted by Crippen LogP contribution is -2.33. The van der Waals surface area contributed by atoms with Gasteiger partial charge in [0.05, 0.1) is 5.56 Å². The zero-order valence-electron chi connectivity index (χ0n) is 15.2. The highest BCUT2D eigenvalue weighted by Gasteiger charge is 2.32. The van der Waals surface area contributed by atoms with Gasteiger partial charge in [-0.05, 0) is 23.3 Å². The van der Waals surface area contributed by atoms with Crippen molar-refractivity contribution in [3.8, 4) is 0 Å². The van der Waals surface area contributed by atoms with Crippen LogP contribution in [-0.2, 0) is 17.6 Å². The van der Waals surface area contributed by atoms with Crippen LogP contribution in [-0.4, -0.2) is 15.5 Å². The number of hydrogen-bond acceptors (Lipinski definition) is 4. The van der Waals surface area contributed by atoms with E-state index in [1.165, 1.54) is 23.9 Å². The van der Waals surface area contributed by atoms with Gasteiger partial charge in [0.1, 0.15) is 11.6 Å². The van der Waals surface area contributed by atoms with Gasteiger partial charge in [-0.2, -0.15) is 4.98 Å². The second kappa shape index (κ2) is 7.59. The number of rotatable bonds is 4. The van der Waals surface area contributed by atoms with Crippen molar-refractivity contribution in [2.24, 2.45) is 7.05 Å². The highest BCUT2D eigenvalue weighted by Crippen LogP contribution is 2.36. The van der Waals surface area contributed by atoms with Gasteiger partial charge in [0.2, 0.25) is 5.91 Å². The summed E-state index contributed by atoms with van der Waals surface area (Å²) < 4.78 is 15.4. The molecule has 1 aliphatic heterocycles. The number of amides is 1. The first kappa shape index (κ1) is 18.4. The van der Waals surface area contributed by atoms with Gasteiger partial charge in [-0.15, -0.1) is 0 Å². The van der Waals surface area contributed by atoms with E-state index in [0.717, 1.165) is 5.56 Å². The van der Waals surface area contributed by atoms with E-state index in [1.54, 1.807) is 23.7 Å². The van der Waals surface area contributed by atoms with Crippen LogP contribution in [0.3, 0.4) is 0 Å². The third kappa shape index (κ3) is 3.57. The van der Waals surface area contributed by atoms with Crippen molar-refractivity contribution >= 4 is 23.5 Å². The van der Waals surface area contributed by atoms with Gasteiger partial charge < -0.3 is 9.88 Å². The van der Waals surface area contributed by atoms with Crippen molar-refractivity contribution in [3.63, 3.8) is 0 Å². The van der Waals surface area contributed by atoms with Gasteiger partial charge in [0, 0.05) is 25.1 Å². The highest BCUT2D eigenvalue weighted by molar-refractivity contribution is 7.98. The number of carbonyl (C=O) groups is 1. The van der Waals surface area contributed by atoms with E-state index < -0.39 is 17.3 Å². The molecule has 1 aromatic heterocycles. The maximum absolute atomic E-state index is 13.7. The van der Waals surface area contributed by atoms with Crippen LogP contribution in [0.4, 0.5) is 10.2 Å². The lowest BCUT2D eigenvalue weighted by Gasteiger charge is -2.27. The van der Waals surface area contributed by atoms with Crippen LogP contribution in [0.15, 0.2) is 64.5 Å². The zero-order chi connectivity index (χ0) is 19.7. The molecule has 0 aliphatic carbocycles. The summed E-state index contributed by atoms with van der Waals surface area (Å²) in [6, 6.07) is 15.9. The Labute approximate surface area is 165 Å². The van der Waals surface area contributed by atoms with E-state index in [4.69, 9.17) is 0 Å². The Morgan fingerprint density at radius 2 is 1.96 bits per heavy atom. The zero-order valence-corrected chi connectivity index (χ0v) is 16.0. The molecule has 1 atom stereocenters. The maximum Gasteiger partial charge on any atom is 0.279 e. The fraction of sp³-hybridized carbons (Fsp3) is 0.190. The SMILES string of the molecule is Cn1c(SCc2ccccc2)nc(=O)c2c1NC(=O)CC2c1cccc(F)c1. The molecule has 2 aromatic carbocycles. The van der Waals surface area contributed by atoms with Crippen LogP contribution in [0, 0.1) is 5.82 Å². The van der Waals surface area contributed by atoms with Crippen molar-refractivity contribution in [3.05, 3.63) is 87.5 Å². The summed E-state index contributed by atoms with van der Waals surface area (Å²) in [4.78, 5) is 29.4. The number of benzene rings is 2. The molecule has 0 saturated heterocycles. The third-order valence-electron chi connectivity index (χ3n) is 4.76. The molecule has 5 nitrogen and oxygen atoms in total. The first-order valence-corrected chi connectivity index (χ1v) is 9.84.